The number of aryl methyl sites for hydroxylation is 1. The van der Waals surface area contributed by atoms with Crippen molar-refractivity contribution < 1.29 is 4.79 Å². The third-order valence-electron chi connectivity index (χ3n) is 5.46. The fraction of sp³-hybridized carbons (Fsp3) is 0.111. The van der Waals surface area contributed by atoms with Gasteiger partial charge >= 0.3 is 0 Å². The molecule has 164 valence electrons. The molecule has 0 bridgehead atoms. The summed E-state index contributed by atoms with van der Waals surface area (Å²) in [6.45, 7) is 2.60. The Balaban J connectivity index is 1.66. The molecule has 3 aromatic carbocycles. The number of aromatic nitrogens is 1. The van der Waals surface area contributed by atoms with Gasteiger partial charge in [0.15, 0.2) is 0 Å². The van der Waals surface area contributed by atoms with Gasteiger partial charge in [-0.25, -0.2) is 0 Å². The second kappa shape index (κ2) is 9.95. The second-order valence-corrected chi connectivity index (χ2v) is 8.48. The largest absolute Gasteiger partial charge is 0.342 e. The van der Waals surface area contributed by atoms with E-state index in [4.69, 9.17) is 23.2 Å². The summed E-state index contributed by atoms with van der Waals surface area (Å²) in [5.74, 6) is -0.445. The molecule has 0 saturated carbocycles. The van der Waals surface area contributed by atoms with E-state index in [1.807, 2.05) is 71.4 Å². The number of carbonyl (C=O) groups excluding carboxylic acids is 1. The molecule has 4 aromatic rings. The normalized spacial score (nSPS) is 11.4. The van der Waals surface area contributed by atoms with Crippen LogP contribution in [0, 0.1) is 11.3 Å². The van der Waals surface area contributed by atoms with Gasteiger partial charge in [0, 0.05) is 44.9 Å². The maximum Gasteiger partial charge on any atom is 0.266 e. The first-order valence-electron chi connectivity index (χ1n) is 10.5. The first-order chi connectivity index (χ1) is 16.0. The Kier molecular flexibility index (Phi) is 6.84. The summed E-state index contributed by atoms with van der Waals surface area (Å²) in [5.41, 5.74) is 4.54. The standard InChI is InChI=1S/C27H21Cl2N3O/c1-2-18-7-11-23(12-8-18)31-27(33)20(15-30)13-21-17-32(26-6-4-3-5-24(21)26)16-19-9-10-22(28)14-25(19)29/h3-14,17H,2,16H2,1H3,(H,31,33)/b20-13+. The van der Waals surface area contributed by atoms with Crippen LogP contribution >= 0.6 is 23.2 Å². The van der Waals surface area contributed by atoms with Gasteiger partial charge in [0.2, 0.25) is 0 Å². The van der Waals surface area contributed by atoms with E-state index >= 15 is 0 Å². The molecule has 1 amide bonds. The van der Waals surface area contributed by atoms with Crippen molar-refractivity contribution in [1.82, 2.24) is 4.57 Å². The lowest BCUT2D eigenvalue weighted by atomic mass is 10.1. The van der Waals surface area contributed by atoms with E-state index in [0.717, 1.165) is 28.5 Å². The zero-order chi connectivity index (χ0) is 23.4. The van der Waals surface area contributed by atoms with Crippen LogP contribution in [0.2, 0.25) is 10.0 Å². The average Bonchev–Trinajstić information content (AvgIpc) is 3.17. The van der Waals surface area contributed by atoms with Gasteiger partial charge < -0.3 is 9.88 Å². The highest BCUT2D eigenvalue weighted by atomic mass is 35.5. The van der Waals surface area contributed by atoms with Crippen molar-refractivity contribution in [3.05, 3.63) is 105 Å². The van der Waals surface area contributed by atoms with Crippen molar-refractivity contribution in [3.8, 4) is 6.07 Å². The number of benzene rings is 3. The Labute approximate surface area is 202 Å². The molecule has 4 rings (SSSR count). The van der Waals surface area contributed by atoms with Gasteiger partial charge in [-0.1, -0.05) is 66.5 Å². The van der Waals surface area contributed by atoms with Gasteiger partial charge in [-0.05, 0) is 54.0 Å². The summed E-state index contributed by atoms with van der Waals surface area (Å²) < 4.78 is 2.05. The van der Waals surface area contributed by atoms with E-state index in [2.05, 4.69) is 12.2 Å². The number of hydrogen-bond donors (Lipinski definition) is 1. The number of halogens is 2. The van der Waals surface area contributed by atoms with Crippen LogP contribution in [0.5, 0.6) is 0 Å². The first-order valence-corrected chi connectivity index (χ1v) is 11.3. The number of carbonyl (C=O) groups is 1. The van der Waals surface area contributed by atoms with Crippen LogP contribution in [0.4, 0.5) is 5.69 Å². The van der Waals surface area contributed by atoms with Crippen LogP contribution in [-0.4, -0.2) is 10.5 Å². The lowest BCUT2D eigenvalue weighted by molar-refractivity contribution is -0.112. The summed E-state index contributed by atoms with van der Waals surface area (Å²) in [6, 6.07) is 22.9. The first kappa shape index (κ1) is 22.7. The minimum Gasteiger partial charge on any atom is -0.342 e. The number of fused-ring (bicyclic) bond motifs is 1. The van der Waals surface area contributed by atoms with Gasteiger partial charge in [0.25, 0.3) is 5.91 Å². The van der Waals surface area contributed by atoms with Crippen molar-refractivity contribution in [2.75, 3.05) is 5.32 Å². The predicted octanol–water partition coefficient (Wildman–Crippen LogP) is 7.10. The maximum atomic E-state index is 12.8. The maximum absolute atomic E-state index is 12.8. The highest BCUT2D eigenvalue weighted by Gasteiger charge is 2.14. The lowest BCUT2D eigenvalue weighted by Crippen LogP contribution is -2.13. The number of anilines is 1. The molecule has 0 spiro atoms. The van der Waals surface area contributed by atoms with E-state index in [1.54, 1.807) is 18.2 Å². The minimum absolute atomic E-state index is 0.0296. The monoisotopic (exact) mass is 473 g/mol. The molecule has 0 atom stereocenters. The predicted molar refractivity (Wildman–Crippen MR) is 136 cm³/mol. The van der Waals surface area contributed by atoms with Crippen LogP contribution < -0.4 is 5.32 Å². The summed E-state index contributed by atoms with van der Waals surface area (Å²) in [6.07, 6.45) is 4.47. The number of rotatable bonds is 6. The van der Waals surface area contributed by atoms with E-state index in [9.17, 15) is 10.1 Å². The molecule has 0 unspecified atom stereocenters. The Morgan fingerprint density at radius 1 is 1.09 bits per heavy atom. The molecule has 6 heteroatoms. The van der Waals surface area contributed by atoms with Crippen molar-refractivity contribution >= 4 is 51.8 Å². The Morgan fingerprint density at radius 2 is 1.85 bits per heavy atom. The molecule has 0 aliphatic carbocycles. The van der Waals surface area contributed by atoms with Crippen LogP contribution in [0.1, 0.15) is 23.6 Å². The van der Waals surface area contributed by atoms with Crippen LogP contribution in [-0.2, 0) is 17.8 Å². The minimum atomic E-state index is -0.445. The van der Waals surface area contributed by atoms with Crippen molar-refractivity contribution in [2.45, 2.75) is 19.9 Å². The van der Waals surface area contributed by atoms with Gasteiger partial charge in [-0.3, -0.25) is 4.79 Å². The molecule has 0 aliphatic rings. The Morgan fingerprint density at radius 3 is 2.55 bits per heavy atom. The van der Waals surface area contributed by atoms with Gasteiger partial charge in [0.1, 0.15) is 11.6 Å². The molecule has 1 aromatic heterocycles. The summed E-state index contributed by atoms with van der Waals surface area (Å²) >= 11 is 12.4. The van der Waals surface area contributed by atoms with E-state index in [-0.39, 0.29) is 5.57 Å². The molecule has 4 nitrogen and oxygen atoms in total. The molecular weight excluding hydrogens is 453 g/mol. The summed E-state index contributed by atoms with van der Waals surface area (Å²) in [4.78, 5) is 12.8. The van der Waals surface area contributed by atoms with E-state index in [0.29, 0.717) is 22.3 Å². The Hall–Kier alpha value is -3.52. The van der Waals surface area contributed by atoms with Crippen molar-refractivity contribution in [3.63, 3.8) is 0 Å². The van der Waals surface area contributed by atoms with Crippen molar-refractivity contribution in [2.24, 2.45) is 0 Å². The van der Waals surface area contributed by atoms with E-state index < -0.39 is 5.91 Å². The number of hydrogen-bond acceptors (Lipinski definition) is 2. The number of nitrogens with one attached hydrogen (secondary N) is 1. The van der Waals surface area contributed by atoms with Gasteiger partial charge in [-0.2, -0.15) is 5.26 Å². The van der Waals surface area contributed by atoms with Crippen molar-refractivity contribution in [1.29, 1.82) is 5.26 Å². The molecule has 1 N–H and O–H groups in total. The van der Waals surface area contributed by atoms with Gasteiger partial charge in [0.05, 0.1) is 0 Å². The topological polar surface area (TPSA) is 57.8 Å². The zero-order valence-electron chi connectivity index (χ0n) is 18.0. The quantitative estimate of drug-likeness (QED) is 0.239. The number of para-hydroxylation sites is 1. The fourth-order valence-corrected chi connectivity index (χ4v) is 4.15. The van der Waals surface area contributed by atoms with Crippen LogP contribution in [0.3, 0.4) is 0 Å². The molecule has 0 saturated heterocycles. The zero-order valence-corrected chi connectivity index (χ0v) is 19.5. The Bertz CT molecular complexity index is 1400. The molecule has 0 radical (unpaired) electrons. The van der Waals surface area contributed by atoms with Crippen LogP contribution in [0.25, 0.3) is 17.0 Å². The smallest absolute Gasteiger partial charge is 0.266 e. The molecular formula is C27H21Cl2N3O. The number of nitrogens with zero attached hydrogens (tertiary/aromatic N) is 2. The van der Waals surface area contributed by atoms with Gasteiger partial charge in [-0.15, -0.1) is 0 Å². The third kappa shape index (κ3) is 5.12. The molecule has 33 heavy (non-hydrogen) atoms. The third-order valence-corrected chi connectivity index (χ3v) is 6.05. The average molecular weight is 474 g/mol. The fourth-order valence-electron chi connectivity index (χ4n) is 3.68. The SMILES string of the molecule is CCc1ccc(NC(=O)/C(C#N)=C/c2cn(Cc3ccc(Cl)cc3Cl)c3ccccc23)cc1. The van der Waals surface area contributed by atoms with E-state index in [1.165, 1.54) is 5.56 Å². The lowest BCUT2D eigenvalue weighted by Gasteiger charge is -2.08. The molecule has 1 heterocycles. The highest BCUT2D eigenvalue weighted by Crippen LogP contribution is 2.27. The second-order valence-electron chi connectivity index (χ2n) is 7.64. The highest BCUT2D eigenvalue weighted by molar-refractivity contribution is 6.35. The molecule has 0 fully saturated rings. The summed E-state index contributed by atoms with van der Waals surface area (Å²) in [7, 11) is 0. The number of nitriles is 1. The van der Waals surface area contributed by atoms with Crippen LogP contribution in [0.15, 0.2) is 78.5 Å². The molecule has 0 aliphatic heterocycles. The summed E-state index contributed by atoms with van der Waals surface area (Å²) in [5, 5.41) is 14.6. The number of amides is 1.